The third kappa shape index (κ3) is 5.59. The maximum absolute atomic E-state index is 12.2. The Kier molecular flexibility index (Phi) is 4.98. The van der Waals surface area contributed by atoms with Crippen LogP contribution in [-0.4, -0.2) is 30.1 Å². The number of rotatable bonds is 6. The summed E-state index contributed by atoms with van der Waals surface area (Å²) in [6, 6.07) is 10.3. The van der Waals surface area contributed by atoms with Crippen molar-refractivity contribution in [2.24, 2.45) is 0 Å². The first-order valence-corrected chi connectivity index (χ1v) is 8.45. The third-order valence-electron chi connectivity index (χ3n) is 3.08. The molecular weight excluding hydrogens is 331 g/mol. The fraction of sp³-hybridized carbons (Fsp3) is 0.357. The van der Waals surface area contributed by atoms with E-state index in [1.165, 1.54) is 6.07 Å². The van der Waals surface area contributed by atoms with Crippen LogP contribution in [0.2, 0.25) is 0 Å². The molecule has 23 heavy (non-hydrogen) atoms. The van der Waals surface area contributed by atoms with E-state index in [9.17, 15) is 21.6 Å². The van der Waals surface area contributed by atoms with E-state index in [0.717, 1.165) is 11.8 Å². The second-order valence-electron chi connectivity index (χ2n) is 5.21. The minimum atomic E-state index is -4.41. The van der Waals surface area contributed by atoms with Crippen molar-refractivity contribution in [2.75, 3.05) is 10.5 Å². The molecule has 2 rings (SSSR count). The Morgan fingerprint density at radius 3 is 2.48 bits per heavy atom. The standard InChI is InChI=1S/C14H16F3N3O2S/c1-11(12-5-3-2-4-6-12)9-23(21,22)19-13-7-8-20(18-13)10-14(15,16)17/h2-8,11H,9-10H2,1H3,(H,18,19)/t11-/m0/s1. The summed E-state index contributed by atoms with van der Waals surface area (Å²) in [5.74, 6) is -0.580. The van der Waals surface area contributed by atoms with Crippen LogP contribution in [0.4, 0.5) is 19.0 Å². The minimum Gasteiger partial charge on any atom is -0.266 e. The lowest BCUT2D eigenvalue weighted by atomic mass is 10.0. The van der Waals surface area contributed by atoms with Gasteiger partial charge in [-0.25, -0.2) is 8.42 Å². The quantitative estimate of drug-likeness (QED) is 0.874. The third-order valence-corrected chi connectivity index (χ3v) is 4.54. The molecular formula is C14H16F3N3O2S. The summed E-state index contributed by atoms with van der Waals surface area (Å²) < 4.78 is 63.8. The molecule has 0 saturated carbocycles. The van der Waals surface area contributed by atoms with Gasteiger partial charge in [0.1, 0.15) is 6.54 Å². The molecule has 0 saturated heterocycles. The Balaban J connectivity index is 2.01. The Morgan fingerprint density at radius 2 is 1.87 bits per heavy atom. The van der Waals surface area contributed by atoms with Crippen LogP contribution in [0.3, 0.4) is 0 Å². The van der Waals surface area contributed by atoms with E-state index >= 15 is 0 Å². The first-order valence-electron chi connectivity index (χ1n) is 6.80. The molecule has 1 aromatic carbocycles. The number of sulfonamides is 1. The van der Waals surface area contributed by atoms with E-state index < -0.39 is 22.7 Å². The average molecular weight is 347 g/mol. The molecule has 1 atom stereocenters. The number of hydrogen-bond donors (Lipinski definition) is 1. The average Bonchev–Trinajstić information content (AvgIpc) is 2.83. The lowest BCUT2D eigenvalue weighted by Gasteiger charge is -2.12. The van der Waals surface area contributed by atoms with Gasteiger partial charge in [-0.15, -0.1) is 0 Å². The van der Waals surface area contributed by atoms with Gasteiger partial charge in [-0.3, -0.25) is 9.40 Å². The zero-order valence-electron chi connectivity index (χ0n) is 12.3. The van der Waals surface area contributed by atoms with Crippen LogP contribution in [0.5, 0.6) is 0 Å². The number of aromatic nitrogens is 2. The van der Waals surface area contributed by atoms with Crippen molar-refractivity contribution in [3.63, 3.8) is 0 Å². The van der Waals surface area contributed by atoms with Crippen LogP contribution in [0.25, 0.3) is 0 Å². The predicted molar refractivity (Wildman–Crippen MR) is 80.5 cm³/mol. The summed E-state index contributed by atoms with van der Waals surface area (Å²) in [7, 11) is -3.72. The summed E-state index contributed by atoms with van der Waals surface area (Å²) in [5, 5.41) is 3.57. The van der Waals surface area contributed by atoms with E-state index in [1.807, 2.05) is 30.3 Å². The summed E-state index contributed by atoms with van der Waals surface area (Å²) in [5.41, 5.74) is 0.862. The molecule has 0 spiro atoms. The van der Waals surface area contributed by atoms with Crippen molar-refractivity contribution in [1.29, 1.82) is 0 Å². The van der Waals surface area contributed by atoms with Crippen LogP contribution < -0.4 is 4.72 Å². The van der Waals surface area contributed by atoms with Gasteiger partial charge < -0.3 is 0 Å². The van der Waals surface area contributed by atoms with Gasteiger partial charge in [0.15, 0.2) is 5.82 Å². The van der Waals surface area contributed by atoms with E-state index in [0.29, 0.717) is 4.68 Å². The Hall–Kier alpha value is -2.03. The summed E-state index contributed by atoms with van der Waals surface area (Å²) >= 11 is 0. The van der Waals surface area contributed by atoms with E-state index in [2.05, 4.69) is 9.82 Å². The lowest BCUT2D eigenvalue weighted by Crippen LogP contribution is -2.21. The summed E-state index contributed by atoms with van der Waals surface area (Å²) in [6.07, 6.45) is -3.34. The largest absolute Gasteiger partial charge is 0.408 e. The lowest BCUT2D eigenvalue weighted by molar-refractivity contribution is -0.142. The molecule has 0 aliphatic carbocycles. The Labute approximate surface area is 132 Å². The molecule has 0 aliphatic heterocycles. The molecule has 0 aliphatic rings. The van der Waals surface area contributed by atoms with Gasteiger partial charge in [0, 0.05) is 12.3 Å². The maximum atomic E-state index is 12.2. The Morgan fingerprint density at radius 1 is 1.22 bits per heavy atom. The molecule has 1 N–H and O–H groups in total. The molecule has 0 fully saturated rings. The highest BCUT2D eigenvalue weighted by Crippen LogP contribution is 2.20. The van der Waals surface area contributed by atoms with Crippen LogP contribution in [0, 0.1) is 0 Å². The van der Waals surface area contributed by atoms with E-state index in [4.69, 9.17) is 0 Å². The topological polar surface area (TPSA) is 64.0 Å². The van der Waals surface area contributed by atoms with Gasteiger partial charge in [0.25, 0.3) is 0 Å². The number of nitrogens with zero attached hydrogens (tertiary/aromatic N) is 2. The van der Waals surface area contributed by atoms with Gasteiger partial charge in [-0.05, 0) is 11.5 Å². The van der Waals surface area contributed by atoms with Crippen molar-refractivity contribution in [3.05, 3.63) is 48.2 Å². The maximum Gasteiger partial charge on any atom is 0.408 e. The second kappa shape index (κ2) is 6.61. The predicted octanol–water partition coefficient (Wildman–Crippen LogP) is 2.99. The first-order chi connectivity index (χ1) is 10.6. The van der Waals surface area contributed by atoms with Crippen molar-refractivity contribution in [1.82, 2.24) is 9.78 Å². The van der Waals surface area contributed by atoms with Crippen LogP contribution >= 0.6 is 0 Å². The SMILES string of the molecule is C[C@@H](CS(=O)(=O)Nc1ccn(CC(F)(F)F)n1)c1ccccc1. The van der Waals surface area contributed by atoms with Crippen molar-refractivity contribution in [3.8, 4) is 0 Å². The molecule has 2 aromatic rings. The molecule has 1 heterocycles. The summed E-state index contributed by atoms with van der Waals surface area (Å²) in [4.78, 5) is 0. The fourth-order valence-corrected chi connectivity index (χ4v) is 3.46. The van der Waals surface area contributed by atoms with Crippen LogP contribution in [0.15, 0.2) is 42.6 Å². The summed E-state index contributed by atoms with van der Waals surface area (Å²) in [6.45, 7) is 0.492. The van der Waals surface area contributed by atoms with Crippen molar-refractivity contribution < 1.29 is 21.6 Å². The highest BCUT2D eigenvalue weighted by Gasteiger charge is 2.28. The monoisotopic (exact) mass is 347 g/mol. The van der Waals surface area contributed by atoms with Crippen molar-refractivity contribution in [2.45, 2.75) is 25.6 Å². The zero-order valence-corrected chi connectivity index (χ0v) is 13.1. The number of nitrogens with one attached hydrogen (secondary N) is 1. The molecule has 0 bridgehead atoms. The Bertz CT molecular complexity index is 742. The second-order valence-corrected chi connectivity index (χ2v) is 6.98. The van der Waals surface area contributed by atoms with Gasteiger partial charge in [-0.1, -0.05) is 37.3 Å². The van der Waals surface area contributed by atoms with Crippen molar-refractivity contribution >= 4 is 15.8 Å². The van der Waals surface area contributed by atoms with Crippen LogP contribution in [-0.2, 0) is 16.6 Å². The molecule has 9 heteroatoms. The smallest absolute Gasteiger partial charge is 0.266 e. The zero-order chi connectivity index (χ0) is 17.1. The van der Waals surface area contributed by atoms with E-state index in [-0.39, 0.29) is 17.5 Å². The number of benzene rings is 1. The molecule has 0 unspecified atom stereocenters. The molecule has 0 radical (unpaired) electrons. The normalized spacial score (nSPS) is 13.7. The molecule has 1 aromatic heterocycles. The van der Waals surface area contributed by atoms with Gasteiger partial charge in [-0.2, -0.15) is 18.3 Å². The highest BCUT2D eigenvalue weighted by molar-refractivity contribution is 7.92. The van der Waals surface area contributed by atoms with Crippen LogP contribution in [0.1, 0.15) is 18.4 Å². The van der Waals surface area contributed by atoms with E-state index in [1.54, 1.807) is 6.92 Å². The number of hydrogen-bond acceptors (Lipinski definition) is 3. The number of halogens is 3. The van der Waals surface area contributed by atoms with Gasteiger partial charge in [0.05, 0.1) is 5.75 Å². The molecule has 0 amide bonds. The minimum absolute atomic E-state index is 0.130. The first kappa shape index (κ1) is 17.3. The fourth-order valence-electron chi connectivity index (χ4n) is 2.10. The number of anilines is 1. The highest BCUT2D eigenvalue weighted by atomic mass is 32.2. The number of alkyl halides is 3. The molecule has 126 valence electrons. The molecule has 5 nitrogen and oxygen atoms in total. The van der Waals surface area contributed by atoms with Gasteiger partial charge >= 0.3 is 6.18 Å². The van der Waals surface area contributed by atoms with Gasteiger partial charge in [0.2, 0.25) is 10.0 Å².